The van der Waals surface area contributed by atoms with Crippen LogP contribution >= 0.6 is 39.5 Å². The van der Waals surface area contributed by atoms with Crippen molar-refractivity contribution in [3.8, 4) is 47.6 Å². The summed E-state index contributed by atoms with van der Waals surface area (Å²) in [7, 11) is 1.31. The Labute approximate surface area is 682 Å². The molecule has 2 aromatic carbocycles. The molecule has 114 heavy (non-hydrogen) atoms. The minimum Gasteiger partial charge on any atom is -0.488 e. The highest BCUT2D eigenvalue weighted by molar-refractivity contribution is 9.09. The van der Waals surface area contributed by atoms with Crippen molar-refractivity contribution in [2.45, 2.75) is 241 Å². The number of nitrogens with zero attached hydrogens (tertiary/aromatic N) is 5. The standard InChI is InChI=1S/C42H50N6O7S.C38H41BrN4O8.C4H10N2S/c1-5-26-14-13-18-30-35(21-32(44-36(26)30)33-24-56-40(45-33)43-25(2)3)54-29-20-34-37(49)47-42(39(51)53-4)22-27(42)15-9-7-6-8-10-19-31(38(50)48(34)23-29)46-41(52)55-28-16-11-12-17-28;1-3-23-12-11-16-27-32(19-29(31(44)21-39)40-33(23)27)50-26-18-30-34(45)42-38(36(47)49-2)20-24(38)13-7-5-4-6-8-17-28(35(46)43(30)22-26)41-37(48)51-25-14-9-10-15-25;1-3(2)6-4(5)7/h1,9,13-15,18,21,24-25,27-29,31,34H,6-8,10-12,16-17,19-20,22-23H2,2-4H3,(H,43,45)(H,46,52)(H,47,49);1,7,11-13,16,19,24-26,28,30H,2,4-6,8-10,14-15,17-18,20-22H2,(H-,41,42,45,48);3H,1-2H3,(H3,5,6,7)/p+1/b15-9-;13-7-;/t27?,29-,31+,34+,42-;24?,26-,28+,30+,38-;/m11./s1. The third-order valence-electron chi connectivity index (χ3n) is 21.8. The van der Waals surface area contributed by atoms with Gasteiger partial charge in [-0.1, -0.05) is 89.9 Å². The summed E-state index contributed by atoms with van der Waals surface area (Å²) >= 11 is 9.21. The van der Waals surface area contributed by atoms with Crippen LogP contribution in [0.15, 0.2) is 78.2 Å². The molecule has 6 fully saturated rings. The fraction of sp³-hybridized carbons (Fsp3) is 0.524. The van der Waals surface area contributed by atoms with Gasteiger partial charge in [-0.25, -0.2) is 29.3 Å². The predicted octanol–water partition coefficient (Wildman–Crippen LogP) is 10.8. The number of alkyl carbamates (subject to hydrolysis) is 2. The molecule has 8 N–H and O–H groups in total. The number of nitrogens with one attached hydrogen (secondary N) is 6. The second-order valence-corrected chi connectivity index (χ2v) is 32.7. The molecule has 2 unspecified atom stereocenters. The Morgan fingerprint density at radius 2 is 1.17 bits per heavy atom. The van der Waals surface area contributed by atoms with E-state index in [1.165, 1.54) is 34.3 Å². The molecule has 8 aliphatic rings. The van der Waals surface area contributed by atoms with Crippen molar-refractivity contribution in [3.63, 3.8) is 0 Å². The first-order chi connectivity index (χ1) is 54.9. The van der Waals surface area contributed by atoms with Crippen LogP contribution in [0.4, 0.5) is 14.7 Å². The van der Waals surface area contributed by atoms with Gasteiger partial charge in [-0.2, -0.15) is 0 Å². The maximum absolute atomic E-state index is 14.6. The van der Waals surface area contributed by atoms with Crippen LogP contribution in [0, 0.1) is 36.5 Å². The van der Waals surface area contributed by atoms with Gasteiger partial charge < -0.3 is 71.1 Å². The molecule has 0 radical (unpaired) electrons. The van der Waals surface area contributed by atoms with Crippen molar-refractivity contribution >= 4 is 132 Å². The zero-order chi connectivity index (χ0) is 81.4. The first-order valence-corrected chi connectivity index (χ1v) is 41.9. The number of para-hydroxylation sites is 2. The van der Waals surface area contributed by atoms with E-state index in [0.29, 0.717) is 105 Å². The summed E-state index contributed by atoms with van der Waals surface area (Å²) in [5.41, 5.74) is 5.97. The lowest BCUT2D eigenvalue weighted by molar-refractivity contribution is -0.372. The van der Waals surface area contributed by atoms with Gasteiger partial charge in [0.1, 0.15) is 77.0 Å². The van der Waals surface area contributed by atoms with E-state index in [2.05, 4.69) is 83.7 Å². The van der Waals surface area contributed by atoms with Gasteiger partial charge in [-0.3, -0.25) is 28.4 Å². The van der Waals surface area contributed by atoms with Gasteiger partial charge in [0.15, 0.2) is 22.8 Å². The van der Waals surface area contributed by atoms with Gasteiger partial charge in [0.05, 0.1) is 58.2 Å². The van der Waals surface area contributed by atoms with Crippen molar-refractivity contribution in [1.82, 2.24) is 51.3 Å². The number of benzene rings is 2. The van der Waals surface area contributed by atoms with E-state index in [9.17, 15) is 43.2 Å². The lowest BCUT2D eigenvalue weighted by atomic mass is 10.0. The Hall–Kier alpha value is -10.0. The Kier molecular flexibility index (Phi) is 28.9. The number of esters is 1. The first-order valence-electron chi connectivity index (χ1n) is 39.5. The number of methoxy groups -OCH3 is 1. The van der Waals surface area contributed by atoms with Crippen LogP contribution in [0.5, 0.6) is 11.5 Å². The maximum atomic E-state index is 14.6. The zero-order valence-electron chi connectivity index (χ0n) is 65.1. The third kappa shape index (κ3) is 20.9. The molecule has 4 aliphatic heterocycles. The summed E-state index contributed by atoms with van der Waals surface area (Å²) in [4.78, 5) is 140. The number of ketones is 1. The van der Waals surface area contributed by atoms with Crippen LogP contribution in [0.25, 0.3) is 33.2 Å². The number of hydrogen-bond acceptors (Lipinski definition) is 20. The highest BCUT2D eigenvalue weighted by Crippen LogP contribution is 2.48. The quantitative estimate of drug-likeness (QED) is 0.00705. The SMILES string of the molecule is C#Cc1cccc2c(O[C@@H]3C[C@H]4C(=O)N[C@]5(C(=O)OC)CC5/C=C\CCCCC[C@H](NC(=O)OC5CCCC5)C(=O)N4C3)cc(-c3csc(NC(C)C)n3)nc12.C#Cc1cccc2c(O[C@@H]3C[C@H]4C(=O)N[C@]5(C(=O)[O+]=C)CC5/C=C\CCCCC[C@H](NC(=O)OC5CCCC5)C(=O)N4C3)cc(C(=O)CBr)nc12.CC(C)NC(N)=S. The first kappa shape index (κ1) is 84.9. The molecule has 0 spiro atoms. The van der Waals surface area contributed by atoms with Crippen LogP contribution in [0.3, 0.4) is 0 Å². The molecule has 2 saturated heterocycles. The van der Waals surface area contributed by atoms with Crippen LogP contribution in [-0.4, -0.2) is 187 Å². The molecule has 4 saturated carbocycles. The summed E-state index contributed by atoms with van der Waals surface area (Å²) in [5, 5.41) is 22.0. The average Bonchev–Trinajstić information content (AvgIpc) is 1.59. The van der Waals surface area contributed by atoms with E-state index in [1.807, 2.05) is 81.6 Å². The number of allylic oxidation sites excluding steroid dienone is 2. The number of carbonyl (C=O) groups excluding carboxylic acids is 10. The molecule has 5 aromatic rings. The van der Waals surface area contributed by atoms with Gasteiger partial charge in [0.2, 0.25) is 29.2 Å². The molecule has 10 atom stereocenters. The van der Waals surface area contributed by atoms with E-state index in [0.717, 1.165) is 95.0 Å². The minimum absolute atomic E-state index is 0.0107. The molecule has 4 aliphatic carbocycles. The number of aromatic nitrogens is 3. The lowest BCUT2D eigenvalue weighted by Gasteiger charge is -2.29. The van der Waals surface area contributed by atoms with E-state index >= 15 is 0 Å². The van der Waals surface area contributed by atoms with Crippen molar-refractivity contribution in [1.29, 1.82) is 0 Å². The van der Waals surface area contributed by atoms with E-state index in [-0.39, 0.29) is 72.8 Å². The summed E-state index contributed by atoms with van der Waals surface area (Å²) in [6.45, 7) is 11.4. The number of thiazole rings is 1. The van der Waals surface area contributed by atoms with Crippen molar-refractivity contribution in [2.24, 2.45) is 17.6 Å². The Morgan fingerprint density at radius 1 is 0.675 bits per heavy atom. The zero-order valence-corrected chi connectivity index (χ0v) is 68.3. The fourth-order valence-electron chi connectivity index (χ4n) is 15.8. The van der Waals surface area contributed by atoms with Crippen LogP contribution < -0.4 is 47.1 Å². The molecule has 6 amide bonds. The number of thiocarbonyl (C=S) groups is 1. The monoisotopic (exact) mass is 1660 g/mol. The number of alkyl halides is 1. The second-order valence-electron chi connectivity index (χ2n) is 30.8. The topological polar surface area (TPSA) is 354 Å². The number of hydrogen-bond donors (Lipinski definition) is 7. The summed E-state index contributed by atoms with van der Waals surface area (Å²) in [6, 6.07) is 10.7. The number of ether oxygens (including phenoxy) is 5. The van der Waals surface area contributed by atoms with E-state index in [4.69, 9.17) is 56.7 Å². The number of carbonyl (C=O) groups is 9. The number of amides is 6. The van der Waals surface area contributed by atoms with Crippen molar-refractivity contribution in [2.75, 3.05) is 30.8 Å². The number of rotatable bonds is 16. The van der Waals surface area contributed by atoms with Crippen molar-refractivity contribution in [3.05, 3.63) is 95.0 Å². The summed E-state index contributed by atoms with van der Waals surface area (Å²) in [6.07, 6.45) is 31.6. The summed E-state index contributed by atoms with van der Waals surface area (Å²) < 4.78 is 34.7. The predicted molar refractivity (Wildman–Crippen MR) is 439 cm³/mol. The molecule has 30 heteroatoms. The number of pyridine rings is 2. The van der Waals surface area contributed by atoms with Gasteiger partial charge >= 0.3 is 24.1 Å². The number of terminal acetylenes is 2. The Balaban J connectivity index is 0.000000208. The van der Waals surface area contributed by atoms with E-state index in [1.54, 1.807) is 18.2 Å². The molecule has 7 heterocycles. The van der Waals surface area contributed by atoms with E-state index < -0.39 is 95.2 Å². The highest BCUT2D eigenvalue weighted by Gasteiger charge is 2.68. The lowest BCUT2D eigenvalue weighted by Crippen LogP contribution is -2.56. The number of nitrogens with two attached hydrogens (primary N) is 1. The third-order valence-corrected chi connectivity index (χ3v) is 23.2. The van der Waals surface area contributed by atoms with Gasteiger partial charge in [-0.15, -0.1) is 24.2 Å². The molecule has 0 bridgehead atoms. The molecule has 27 nitrogen and oxygen atoms in total. The van der Waals surface area contributed by atoms with Crippen LogP contribution in [-0.2, 0) is 47.4 Å². The molecule has 3 aromatic heterocycles. The molecule has 13 rings (SSSR count). The number of anilines is 1. The highest BCUT2D eigenvalue weighted by atomic mass is 79.9. The summed E-state index contributed by atoms with van der Waals surface area (Å²) in [5.74, 6) is 2.24. The van der Waals surface area contributed by atoms with Gasteiger partial charge in [0, 0.05) is 65.0 Å². The second kappa shape index (κ2) is 38.9. The average molecular weight is 1660 g/mol. The molecular formula is C84H102BrN12O15S2+. The molecule has 606 valence electrons. The van der Waals surface area contributed by atoms with Gasteiger partial charge in [-0.05, 0) is 167 Å². The van der Waals surface area contributed by atoms with Gasteiger partial charge in [0.25, 0.3) is 0 Å². The Morgan fingerprint density at radius 3 is 1.64 bits per heavy atom. The largest absolute Gasteiger partial charge is 0.605 e. The van der Waals surface area contributed by atoms with Crippen molar-refractivity contribution < 1.29 is 71.3 Å². The smallest absolute Gasteiger partial charge is 0.488 e. The van der Waals surface area contributed by atoms with Crippen LogP contribution in [0.2, 0.25) is 0 Å². The molecular weight excluding hydrogens is 1560 g/mol. The van der Waals surface area contributed by atoms with Crippen LogP contribution in [0.1, 0.15) is 191 Å². The maximum Gasteiger partial charge on any atom is 0.605 e. The normalized spacial score (nSPS) is 25.7. The number of halogens is 1. The number of Topliss-reactive ketones (excluding diaryl/α,β-unsaturated/α-hetero) is 1. The fourth-order valence-corrected chi connectivity index (χ4v) is 17.2. The minimum atomic E-state index is -1.30. The number of fused-ring (bicyclic) bond motifs is 6. The Bertz CT molecular complexity index is 4580.